The third-order valence-corrected chi connectivity index (χ3v) is 4.13. The van der Waals surface area contributed by atoms with Gasteiger partial charge in [-0.2, -0.15) is 0 Å². The molecule has 0 unspecified atom stereocenters. The predicted molar refractivity (Wildman–Crippen MR) is 95.4 cm³/mol. The highest BCUT2D eigenvalue weighted by Gasteiger charge is 2.16. The number of hydrogen-bond acceptors (Lipinski definition) is 4. The molecule has 0 aromatic heterocycles. The minimum atomic E-state index is -0.164. The van der Waals surface area contributed by atoms with E-state index < -0.39 is 0 Å². The number of amides is 1. The van der Waals surface area contributed by atoms with Crippen LogP contribution >= 0.6 is 0 Å². The van der Waals surface area contributed by atoms with Crippen molar-refractivity contribution in [1.29, 1.82) is 0 Å². The summed E-state index contributed by atoms with van der Waals surface area (Å²) in [4.78, 5) is 12.2. The Kier molecular flexibility index (Phi) is 5.12. The molecular formula is C20H23NO4. The van der Waals surface area contributed by atoms with Crippen molar-refractivity contribution in [2.75, 3.05) is 19.8 Å². The number of fused-ring (bicyclic) bond motifs is 1. The zero-order valence-electron chi connectivity index (χ0n) is 14.8. The van der Waals surface area contributed by atoms with Crippen LogP contribution in [0.3, 0.4) is 0 Å². The number of nitrogens with one attached hydrogen (secondary N) is 1. The standard InChI is InChI=1S/C20H23NO4/c1-13-4-6-17(14(2)10-13)25-12-20(22)21-15(3)16-5-7-18-19(11-16)24-9-8-23-18/h4-7,10-11,15H,8-9,12H2,1-3H3,(H,21,22)/t15-/m1/s1. The average molecular weight is 341 g/mol. The molecule has 1 atom stereocenters. The zero-order chi connectivity index (χ0) is 17.8. The number of aryl methyl sites for hydroxylation is 2. The summed E-state index contributed by atoms with van der Waals surface area (Å²) in [5.41, 5.74) is 3.15. The second-order valence-corrected chi connectivity index (χ2v) is 6.25. The molecule has 0 aliphatic carbocycles. The summed E-state index contributed by atoms with van der Waals surface area (Å²) in [6.07, 6.45) is 0. The molecule has 1 aliphatic heterocycles. The van der Waals surface area contributed by atoms with E-state index in [-0.39, 0.29) is 18.6 Å². The van der Waals surface area contributed by atoms with Crippen molar-refractivity contribution in [1.82, 2.24) is 5.32 Å². The Morgan fingerprint density at radius 2 is 1.88 bits per heavy atom. The minimum absolute atomic E-state index is 0.0151. The molecule has 0 saturated carbocycles. The van der Waals surface area contributed by atoms with Gasteiger partial charge in [0.1, 0.15) is 19.0 Å². The van der Waals surface area contributed by atoms with E-state index in [0.717, 1.165) is 28.4 Å². The second-order valence-electron chi connectivity index (χ2n) is 6.25. The molecule has 0 saturated heterocycles. The largest absolute Gasteiger partial charge is 0.486 e. The van der Waals surface area contributed by atoms with E-state index in [2.05, 4.69) is 5.32 Å². The van der Waals surface area contributed by atoms with Gasteiger partial charge in [0.15, 0.2) is 18.1 Å². The molecule has 1 amide bonds. The lowest BCUT2D eigenvalue weighted by atomic mass is 10.1. The van der Waals surface area contributed by atoms with Crippen LogP contribution in [0.2, 0.25) is 0 Å². The minimum Gasteiger partial charge on any atom is -0.486 e. The van der Waals surface area contributed by atoms with Crippen molar-refractivity contribution < 1.29 is 19.0 Å². The maximum Gasteiger partial charge on any atom is 0.258 e. The van der Waals surface area contributed by atoms with Crippen molar-refractivity contribution >= 4 is 5.91 Å². The van der Waals surface area contributed by atoms with E-state index in [1.165, 1.54) is 5.56 Å². The Balaban J connectivity index is 1.57. The molecule has 5 heteroatoms. The SMILES string of the molecule is Cc1ccc(OCC(=O)N[C@H](C)c2ccc3c(c2)OCCO3)c(C)c1. The summed E-state index contributed by atoms with van der Waals surface area (Å²) < 4.78 is 16.7. The lowest BCUT2D eigenvalue weighted by Crippen LogP contribution is -2.31. The van der Waals surface area contributed by atoms with Crippen LogP contribution in [0, 0.1) is 13.8 Å². The molecular weight excluding hydrogens is 318 g/mol. The highest BCUT2D eigenvalue weighted by atomic mass is 16.6. The lowest BCUT2D eigenvalue weighted by molar-refractivity contribution is -0.123. The van der Waals surface area contributed by atoms with E-state index in [9.17, 15) is 4.79 Å². The molecule has 1 heterocycles. The fourth-order valence-electron chi connectivity index (χ4n) is 2.80. The first-order chi connectivity index (χ1) is 12.0. The van der Waals surface area contributed by atoms with Crippen molar-refractivity contribution in [2.24, 2.45) is 0 Å². The van der Waals surface area contributed by atoms with E-state index in [1.54, 1.807) is 0 Å². The van der Waals surface area contributed by atoms with Gasteiger partial charge in [-0.3, -0.25) is 4.79 Å². The third-order valence-electron chi connectivity index (χ3n) is 4.13. The highest BCUT2D eigenvalue weighted by molar-refractivity contribution is 5.78. The first kappa shape index (κ1) is 17.1. The number of carbonyl (C=O) groups excluding carboxylic acids is 1. The van der Waals surface area contributed by atoms with Crippen LogP contribution < -0.4 is 19.5 Å². The average Bonchev–Trinajstić information content (AvgIpc) is 2.60. The zero-order valence-corrected chi connectivity index (χ0v) is 14.8. The predicted octanol–water partition coefficient (Wildman–Crippen LogP) is 3.33. The number of carbonyl (C=O) groups is 1. The van der Waals surface area contributed by atoms with Gasteiger partial charge in [0.05, 0.1) is 6.04 Å². The Morgan fingerprint density at radius 3 is 2.64 bits per heavy atom. The molecule has 2 aromatic carbocycles. The third kappa shape index (κ3) is 4.24. The molecule has 0 fully saturated rings. The van der Waals surface area contributed by atoms with E-state index in [0.29, 0.717) is 13.2 Å². The van der Waals surface area contributed by atoms with Gasteiger partial charge in [0.2, 0.25) is 0 Å². The lowest BCUT2D eigenvalue weighted by Gasteiger charge is -2.21. The number of hydrogen-bond donors (Lipinski definition) is 1. The van der Waals surface area contributed by atoms with Gasteiger partial charge in [0.25, 0.3) is 5.91 Å². The fourth-order valence-corrected chi connectivity index (χ4v) is 2.80. The van der Waals surface area contributed by atoms with Crippen LogP contribution in [0.4, 0.5) is 0 Å². The molecule has 5 nitrogen and oxygen atoms in total. The maximum atomic E-state index is 12.2. The van der Waals surface area contributed by atoms with Crippen molar-refractivity contribution in [2.45, 2.75) is 26.8 Å². The Bertz CT molecular complexity index is 772. The van der Waals surface area contributed by atoms with Crippen molar-refractivity contribution in [3.63, 3.8) is 0 Å². The molecule has 0 radical (unpaired) electrons. The van der Waals surface area contributed by atoms with Gasteiger partial charge in [0, 0.05) is 0 Å². The van der Waals surface area contributed by atoms with E-state index in [1.807, 2.05) is 57.2 Å². The normalized spacial score (nSPS) is 13.9. The van der Waals surface area contributed by atoms with Crippen LogP contribution in [0.15, 0.2) is 36.4 Å². The van der Waals surface area contributed by atoms with Gasteiger partial charge >= 0.3 is 0 Å². The Hall–Kier alpha value is -2.69. The Labute approximate surface area is 147 Å². The van der Waals surface area contributed by atoms with Crippen LogP contribution in [0.5, 0.6) is 17.2 Å². The van der Waals surface area contributed by atoms with Crippen LogP contribution in [0.1, 0.15) is 29.7 Å². The second kappa shape index (κ2) is 7.47. The molecule has 0 spiro atoms. The summed E-state index contributed by atoms with van der Waals surface area (Å²) >= 11 is 0. The molecule has 0 bridgehead atoms. The fraction of sp³-hybridized carbons (Fsp3) is 0.350. The van der Waals surface area contributed by atoms with Crippen LogP contribution in [-0.4, -0.2) is 25.7 Å². The summed E-state index contributed by atoms with van der Waals surface area (Å²) in [5, 5.41) is 2.94. The van der Waals surface area contributed by atoms with Crippen molar-refractivity contribution in [3.8, 4) is 17.2 Å². The summed E-state index contributed by atoms with van der Waals surface area (Å²) in [6, 6.07) is 11.5. The van der Waals surface area contributed by atoms with Gasteiger partial charge in [-0.25, -0.2) is 0 Å². The number of benzene rings is 2. The Morgan fingerprint density at radius 1 is 1.12 bits per heavy atom. The number of ether oxygens (including phenoxy) is 3. The smallest absolute Gasteiger partial charge is 0.258 e. The number of rotatable bonds is 5. The topological polar surface area (TPSA) is 56.8 Å². The summed E-state index contributed by atoms with van der Waals surface area (Å²) in [6.45, 7) is 7.02. The summed E-state index contributed by atoms with van der Waals surface area (Å²) in [7, 11) is 0. The molecule has 3 rings (SSSR count). The highest BCUT2D eigenvalue weighted by Crippen LogP contribution is 2.32. The molecule has 1 aliphatic rings. The van der Waals surface area contributed by atoms with Crippen LogP contribution in [0.25, 0.3) is 0 Å². The molecule has 132 valence electrons. The molecule has 1 N–H and O–H groups in total. The monoisotopic (exact) mass is 341 g/mol. The van der Waals surface area contributed by atoms with Gasteiger partial charge in [-0.05, 0) is 50.1 Å². The quantitative estimate of drug-likeness (QED) is 0.906. The first-order valence-electron chi connectivity index (χ1n) is 8.42. The van der Waals surface area contributed by atoms with Crippen LogP contribution in [-0.2, 0) is 4.79 Å². The van der Waals surface area contributed by atoms with E-state index >= 15 is 0 Å². The molecule has 25 heavy (non-hydrogen) atoms. The summed E-state index contributed by atoms with van der Waals surface area (Å²) in [5.74, 6) is 2.03. The van der Waals surface area contributed by atoms with E-state index in [4.69, 9.17) is 14.2 Å². The molecule has 2 aromatic rings. The van der Waals surface area contributed by atoms with Gasteiger partial charge in [-0.15, -0.1) is 0 Å². The van der Waals surface area contributed by atoms with Gasteiger partial charge < -0.3 is 19.5 Å². The van der Waals surface area contributed by atoms with Gasteiger partial charge in [-0.1, -0.05) is 23.8 Å². The maximum absolute atomic E-state index is 12.2. The first-order valence-corrected chi connectivity index (χ1v) is 8.42. The van der Waals surface area contributed by atoms with Crippen molar-refractivity contribution in [3.05, 3.63) is 53.1 Å².